The van der Waals surface area contributed by atoms with Gasteiger partial charge in [0.15, 0.2) is 0 Å². The van der Waals surface area contributed by atoms with E-state index in [-0.39, 0.29) is 5.75 Å². The Balaban J connectivity index is 2.83. The van der Waals surface area contributed by atoms with Crippen LogP contribution in [-0.2, 0) is 5.79 Å². The zero-order valence-electron chi connectivity index (χ0n) is 8.14. The normalized spacial score (nSPS) is 11.9. The Kier molecular flexibility index (Phi) is 2.12. The number of phenolic OH excluding ortho intramolecular Hbond substituents is 1. The molecule has 0 aliphatic heterocycles. The van der Waals surface area contributed by atoms with Gasteiger partial charge in [0.1, 0.15) is 11.5 Å². The average Bonchev–Trinajstić information content (AvgIpc) is 2.16. The van der Waals surface area contributed by atoms with Crippen LogP contribution < -0.4 is 17.2 Å². The fourth-order valence-electron chi connectivity index (χ4n) is 1.67. The van der Waals surface area contributed by atoms with Crippen molar-refractivity contribution in [1.82, 2.24) is 0 Å². The maximum Gasteiger partial charge on any atom is 0.143 e. The third-order valence-electron chi connectivity index (χ3n) is 2.37. The lowest BCUT2D eigenvalue weighted by molar-refractivity contribution is 0.480. The summed E-state index contributed by atoms with van der Waals surface area (Å²) in [5.74, 6) is -1.20. The van der Waals surface area contributed by atoms with Gasteiger partial charge in [-0.15, -0.1) is 0 Å². The van der Waals surface area contributed by atoms with Gasteiger partial charge in [-0.05, 0) is 11.5 Å². The minimum absolute atomic E-state index is 0.193. The molecule has 78 valence electrons. The first-order chi connectivity index (χ1) is 7.00. The van der Waals surface area contributed by atoms with Crippen molar-refractivity contribution < 1.29 is 5.11 Å². The molecule has 0 fully saturated rings. The lowest BCUT2D eigenvalue weighted by Crippen LogP contribution is -2.54. The Hall–Kier alpha value is -1.62. The third-order valence-corrected chi connectivity index (χ3v) is 2.37. The van der Waals surface area contributed by atoms with E-state index >= 15 is 0 Å². The lowest BCUT2D eigenvalue weighted by Gasteiger charge is -2.21. The van der Waals surface area contributed by atoms with E-state index in [9.17, 15) is 5.11 Å². The SMILES string of the molecule is NC(N)(N)c1cccc2c(O)cccc12. The third kappa shape index (κ3) is 1.66. The summed E-state index contributed by atoms with van der Waals surface area (Å²) in [7, 11) is 0. The predicted octanol–water partition coefficient (Wildman–Crippen LogP) is 0.532. The van der Waals surface area contributed by atoms with Crippen LogP contribution in [0.25, 0.3) is 10.8 Å². The summed E-state index contributed by atoms with van der Waals surface area (Å²) in [6, 6.07) is 10.5. The van der Waals surface area contributed by atoms with Gasteiger partial charge in [-0.25, -0.2) is 0 Å². The molecule has 0 aliphatic rings. The summed E-state index contributed by atoms with van der Waals surface area (Å²) in [6.07, 6.45) is 0. The first-order valence-corrected chi connectivity index (χ1v) is 4.58. The van der Waals surface area contributed by atoms with Gasteiger partial charge in [0.25, 0.3) is 0 Å². The second kappa shape index (κ2) is 3.20. The fourth-order valence-corrected chi connectivity index (χ4v) is 1.67. The molecule has 0 saturated heterocycles. The molecule has 2 aromatic carbocycles. The Morgan fingerprint density at radius 3 is 2.13 bits per heavy atom. The molecule has 0 aliphatic carbocycles. The van der Waals surface area contributed by atoms with Crippen molar-refractivity contribution in [3.05, 3.63) is 42.0 Å². The van der Waals surface area contributed by atoms with E-state index < -0.39 is 5.79 Å². The van der Waals surface area contributed by atoms with Crippen LogP contribution >= 0.6 is 0 Å². The first-order valence-electron chi connectivity index (χ1n) is 4.58. The van der Waals surface area contributed by atoms with Crippen LogP contribution in [0.5, 0.6) is 5.75 Å². The van der Waals surface area contributed by atoms with Gasteiger partial charge in [0, 0.05) is 10.9 Å². The van der Waals surface area contributed by atoms with Crippen molar-refractivity contribution in [2.24, 2.45) is 17.2 Å². The van der Waals surface area contributed by atoms with E-state index in [2.05, 4.69) is 0 Å². The highest BCUT2D eigenvalue weighted by Crippen LogP contribution is 2.28. The molecule has 4 heteroatoms. The van der Waals surface area contributed by atoms with Crippen LogP contribution in [0.1, 0.15) is 5.56 Å². The highest BCUT2D eigenvalue weighted by Gasteiger charge is 2.18. The summed E-state index contributed by atoms with van der Waals surface area (Å²) in [5.41, 5.74) is 17.5. The summed E-state index contributed by atoms with van der Waals surface area (Å²) >= 11 is 0. The van der Waals surface area contributed by atoms with Crippen molar-refractivity contribution >= 4 is 10.8 Å². The minimum atomic E-state index is -1.40. The molecule has 7 N–H and O–H groups in total. The van der Waals surface area contributed by atoms with Crippen LogP contribution in [0, 0.1) is 0 Å². The van der Waals surface area contributed by atoms with E-state index in [1.165, 1.54) is 0 Å². The molecule has 2 rings (SSSR count). The fraction of sp³-hybridized carbons (Fsp3) is 0.0909. The number of fused-ring (bicyclic) bond motifs is 1. The minimum Gasteiger partial charge on any atom is -0.507 e. The van der Waals surface area contributed by atoms with E-state index in [4.69, 9.17) is 17.2 Å². The van der Waals surface area contributed by atoms with Crippen LogP contribution in [0.2, 0.25) is 0 Å². The predicted molar refractivity (Wildman–Crippen MR) is 59.9 cm³/mol. The van der Waals surface area contributed by atoms with E-state index in [1.807, 2.05) is 6.07 Å². The molecule has 0 saturated carbocycles. The Labute approximate surface area is 87.3 Å². The summed E-state index contributed by atoms with van der Waals surface area (Å²) in [4.78, 5) is 0. The molecule has 0 unspecified atom stereocenters. The van der Waals surface area contributed by atoms with Crippen molar-refractivity contribution in [3.8, 4) is 5.75 Å². The summed E-state index contributed by atoms with van der Waals surface area (Å²) in [6.45, 7) is 0. The highest BCUT2D eigenvalue weighted by molar-refractivity contribution is 5.91. The summed E-state index contributed by atoms with van der Waals surface area (Å²) in [5, 5.41) is 11.1. The number of hydrogen-bond donors (Lipinski definition) is 4. The quantitative estimate of drug-likeness (QED) is 0.508. The van der Waals surface area contributed by atoms with Crippen molar-refractivity contribution in [2.75, 3.05) is 0 Å². The molecule has 4 nitrogen and oxygen atoms in total. The van der Waals surface area contributed by atoms with E-state index in [0.717, 1.165) is 5.39 Å². The monoisotopic (exact) mass is 203 g/mol. The van der Waals surface area contributed by atoms with Gasteiger partial charge < -0.3 is 5.11 Å². The number of hydrogen-bond acceptors (Lipinski definition) is 4. The van der Waals surface area contributed by atoms with Crippen LogP contribution in [0.15, 0.2) is 36.4 Å². The number of benzene rings is 2. The molecule has 0 aromatic heterocycles. The maximum atomic E-state index is 9.64. The molecule has 0 amide bonds. The van der Waals surface area contributed by atoms with E-state index in [1.54, 1.807) is 30.3 Å². The summed E-state index contributed by atoms with van der Waals surface area (Å²) < 4.78 is 0. The average molecular weight is 203 g/mol. The van der Waals surface area contributed by atoms with Crippen molar-refractivity contribution in [2.45, 2.75) is 5.79 Å². The molecular weight excluding hydrogens is 190 g/mol. The van der Waals surface area contributed by atoms with Gasteiger partial charge in [0.05, 0.1) is 0 Å². The van der Waals surface area contributed by atoms with Crippen LogP contribution in [0.3, 0.4) is 0 Å². The van der Waals surface area contributed by atoms with Crippen molar-refractivity contribution in [1.29, 1.82) is 0 Å². The molecule has 0 bridgehead atoms. The Morgan fingerprint density at radius 1 is 0.867 bits per heavy atom. The van der Waals surface area contributed by atoms with Crippen molar-refractivity contribution in [3.63, 3.8) is 0 Å². The van der Waals surface area contributed by atoms with Crippen LogP contribution in [-0.4, -0.2) is 5.11 Å². The number of aromatic hydroxyl groups is 1. The molecule has 0 heterocycles. The topological polar surface area (TPSA) is 98.3 Å². The van der Waals surface area contributed by atoms with Gasteiger partial charge in [0.2, 0.25) is 0 Å². The second-order valence-electron chi connectivity index (χ2n) is 3.61. The maximum absolute atomic E-state index is 9.64. The number of phenols is 1. The number of nitrogens with two attached hydrogens (primary N) is 3. The van der Waals surface area contributed by atoms with Crippen LogP contribution in [0.4, 0.5) is 0 Å². The first kappa shape index (κ1) is 9.92. The van der Waals surface area contributed by atoms with E-state index in [0.29, 0.717) is 10.9 Å². The Bertz CT molecular complexity index is 503. The van der Waals surface area contributed by atoms with Gasteiger partial charge in [-0.3, -0.25) is 17.2 Å². The molecular formula is C11H13N3O. The second-order valence-corrected chi connectivity index (χ2v) is 3.61. The van der Waals surface area contributed by atoms with Gasteiger partial charge >= 0.3 is 0 Å². The Morgan fingerprint density at radius 2 is 1.47 bits per heavy atom. The number of rotatable bonds is 1. The van der Waals surface area contributed by atoms with Gasteiger partial charge in [-0.1, -0.05) is 30.3 Å². The molecule has 15 heavy (non-hydrogen) atoms. The highest BCUT2D eigenvalue weighted by atomic mass is 16.3. The standard InChI is InChI=1S/C11H13N3O/c12-11(13,14)9-5-1-4-8-7(9)3-2-6-10(8)15/h1-6,15H,12-14H2. The molecule has 0 atom stereocenters. The smallest absolute Gasteiger partial charge is 0.143 e. The molecule has 0 spiro atoms. The van der Waals surface area contributed by atoms with Gasteiger partial charge in [-0.2, -0.15) is 0 Å². The molecule has 0 radical (unpaired) electrons. The zero-order valence-corrected chi connectivity index (χ0v) is 8.14. The lowest BCUT2D eigenvalue weighted by atomic mass is 10.00. The molecule has 2 aromatic rings. The largest absolute Gasteiger partial charge is 0.507 e. The zero-order chi connectivity index (χ0) is 11.1.